The van der Waals surface area contributed by atoms with Crippen molar-refractivity contribution in [3.05, 3.63) is 69.7 Å². The third-order valence-corrected chi connectivity index (χ3v) is 7.29. The van der Waals surface area contributed by atoms with Crippen LogP contribution in [0, 0.1) is 11.3 Å². The van der Waals surface area contributed by atoms with Gasteiger partial charge in [0.15, 0.2) is 0 Å². The fraction of sp³-hybridized carbons (Fsp3) is 0.500. The van der Waals surface area contributed by atoms with E-state index in [4.69, 9.17) is 11.6 Å². The van der Waals surface area contributed by atoms with Gasteiger partial charge in [-0.2, -0.15) is 0 Å². The molecule has 3 heteroatoms. The van der Waals surface area contributed by atoms with E-state index in [9.17, 15) is 10.2 Å². The maximum atomic E-state index is 10.4. The fourth-order valence-electron chi connectivity index (χ4n) is 5.14. The largest absolute Gasteiger partial charge is 0.396 e. The van der Waals surface area contributed by atoms with Crippen molar-refractivity contribution in [2.75, 3.05) is 6.61 Å². The first-order valence-corrected chi connectivity index (χ1v) is 10.6. The van der Waals surface area contributed by atoms with Gasteiger partial charge in [-0.05, 0) is 84.1 Å². The predicted molar refractivity (Wildman–Crippen MR) is 110 cm³/mol. The molecule has 2 nitrogen and oxygen atoms in total. The van der Waals surface area contributed by atoms with Crippen molar-refractivity contribution in [3.63, 3.8) is 0 Å². The summed E-state index contributed by atoms with van der Waals surface area (Å²) in [6.07, 6.45) is 5.40. The van der Waals surface area contributed by atoms with E-state index in [1.165, 1.54) is 16.7 Å². The minimum Gasteiger partial charge on any atom is -0.396 e. The average molecular weight is 385 g/mol. The van der Waals surface area contributed by atoms with Crippen LogP contribution in [0.25, 0.3) is 0 Å². The van der Waals surface area contributed by atoms with E-state index in [1.807, 2.05) is 6.07 Å². The van der Waals surface area contributed by atoms with E-state index >= 15 is 0 Å². The molecule has 2 aliphatic carbocycles. The third kappa shape index (κ3) is 3.68. The normalized spacial score (nSPS) is 26.3. The summed E-state index contributed by atoms with van der Waals surface area (Å²) in [6.45, 7) is 2.35. The maximum absolute atomic E-state index is 10.4. The molecule has 0 amide bonds. The summed E-state index contributed by atoms with van der Waals surface area (Å²) in [6, 6.07) is 15.1. The number of halogens is 1. The van der Waals surface area contributed by atoms with Crippen molar-refractivity contribution in [1.29, 1.82) is 0 Å². The Bertz CT molecular complexity index is 795. The lowest BCUT2D eigenvalue weighted by Gasteiger charge is -2.41. The molecule has 2 aromatic carbocycles. The van der Waals surface area contributed by atoms with E-state index in [-0.39, 0.29) is 24.0 Å². The van der Waals surface area contributed by atoms with E-state index < -0.39 is 0 Å². The Morgan fingerprint density at radius 2 is 1.74 bits per heavy atom. The highest BCUT2D eigenvalue weighted by Crippen LogP contribution is 2.65. The Kier molecular flexibility index (Phi) is 5.33. The monoisotopic (exact) mass is 384 g/mol. The van der Waals surface area contributed by atoms with Crippen LogP contribution < -0.4 is 0 Å². The molecular formula is C24H29ClO2. The van der Waals surface area contributed by atoms with Crippen LogP contribution >= 0.6 is 11.6 Å². The second-order valence-electron chi connectivity index (χ2n) is 8.49. The zero-order valence-electron chi connectivity index (χ0n) is 16.0. The Labute approximate surface area is 167 Å². The summed E-state index contributed by atoms with van der Waals surface area (Å²) in [4.78, 5) is 0. The molecule has 27 heavy (non-hydrogen) atoms. The summed E-state index contributed by atoms with van der Waals surface area (Å²) < 4.78 is 0. The molecule has 3 unspecified atom stereocenters. The molecule has 0 heterocycles. The molecule has 2 saturated carbocycles. The highest BCUT2D eigenvalue weighted by Gasteiger charge is 2.57. The molecule has 0 saturated heterocycles. The van der Waals surface area contributed by atoms with Crippen molar-refractivity contribution >= 4 is 11.6 Å². The highest BCUT2D eigenvalue weighted by molar-refractivity contribution is 6.31. The van der Waals surface area contributed by atoms with Crippen LogP contribution in [0.4, 0.5) is 0 Å². The van der Waals surface area contributed by atoms with E-state index in [2.05, 4.69) is 43.3 Å². The van der Waals surface area contributed by atoms with Crippen LogP contribution in [0.2, 0.25) is 5.02 Å². The minimum atomic E-state index is -0.320. The van der Waals surface area contributed by atoms with Gasteiger partial charge in [-0.25, -0.2) is 0 Å². The van der Waals surface area contributed by atoms with Crippen LogP contribution in [0.1, 0.15) is 60.8 Å². The lowest BCUT2D eigenvalue weighted by molar-refractivity contribution is 0.0150. The number of rotatable bonds is 5. The highest BCUT2D eigenvalue weighted by atomic mass is 35.5. The van der Waals surface area contributed by atoms with Crippen LogP contribution in [0.3, 0.4) is 0 Å². The number of aryl methyl sites for hydroxylation is 1. The predicted octanol–water partition coefficient (Wildman–Crippen LogP) is 5.12. The second kappa shape index (κ2) is 7.58. The average Bonchev–Trinajstić information content (AvgIpc) is 3.47. The van der Waals surface area contributed by atoms with Crippen molar-refractivity contribution in [2.45, 2.75) is 57.5 Å². The topological polar surface area (TPSA) is 40.5 Å². The molecule has 0 aliphatic heterocycles. The smallest absolute Gasteiger partial charge is 0.0550 e. The van der Waals surface area contributed by atoms with Gasteiger partial charge in [-0.3, -0.25) is 0 Å². The molecule has 4 rings (SSSR count). The molecular weight excluding hydrogens is 356 g/mol. The first kappa shape index (κ1) is 19.0. The number of hydrogen-bond acceptors (Lipinski definition) is 2. The van der Waals surface area contributed by atoms with Crippen LogP contribution in [-0.4, -0.2) is 22.9 Å². The molecule has 2 N–H and O–H groups in total. The Balaban J connectivity index is 1.61. The van der Waals surface area contributed by atoms with Gasteiger partial charge in [0.05, 0.1) is 6.10 Å². The van der Waals surface area contributed by atoms with Crippen LogP contribution in [-0.2, 0) is 12.8 Å². The van der Waals surface area contributed by atoms with Gasteiger partial charge in [-0.15, -0.1) is 0 Å². The lowest BCUT2D eigenvalue weighted by Crippen LogP contribution is -2.37. The molecule has 144 valence electrons. The van der Waals surface area contributed by atoms with E-state index in [1.54, 1.807) is 0 Å². The Morgan fingerprint density at radius 3 is 2.37 bits per heavy atom. The van der Waals surface area contributed by atoms with Gasteiger partial charge < -0.3 is 10.2 Å². The summed E-state index contributed by atoms with van der Waals surface area (Å²) in [5, 5.41) is 21.0. The van der Waals surface area contributed by atoms with E-state index in [0.29, 0.717) is 5.92 Å². The number of hydrogen-bond donors (Lipinski definition) is 2. The van der Waals surface area contributed by atoms with Gasteiger partial charge in [0.25, 0.3) is 0 Å². The Hall–Kier alpha value is -1.35. The van der Waals surface area contributed by atoms with Crippen molar-refractivity contribution in [2.24, 2.45) is 11.3 Å². The second-order valence-corrected chi connectivity index (χ2v) is 8.90. The molecule has 1 spiro atoms. The molecule has 0 aromatic heterocycles. The molecule has 3 atom stereocenters. The summed E-state index contributed by atoms with van der Waals surface area (Å²) in [5.74, 6) is 0.531. The first-order chi connectivity index (χ1) is 13.1. The quantitative estimate of drug-likeness (QED) is 0.751. The molecule has 0 bridgehead atoms. The molecule has 2 aliphatic rings. The van der Waals surface area contributed by atoms with Gasteiger partial charge in [-0.1, -0.05) is 54.9 Å². The third-order valence-electron chi connectivity index (χ3n) is 6.92. The summed E-state index contributed by atoms with van der Waals surface area (Å²) in [5.41, 5.74) is 5.22. The molecule has 0 radical (unpaired) electrons. The number of benzene rings is 2. The first-order valence-electron chi connectivity index (χ1n) is 10.2. The van der Waals surface area contributed by atoms with Gasteiger partial charge in [0.1, 0.15) is 0 Å². The van der Waals surface area contributed by atoms with E-state index in [0.717, 1.165) is 49.1 Å². The number of aliphatic hydroxyl groups is 2. The zero-order chi connectivity index (χ0) is 19.0. The van der Waals surface area contributed by atoms with Crippen LogP contribution in [0.5, 0.6) is 0 Å². The fourth-order valence-corrected chi connectivity index (χ4v) is 5.32. The van der Waals surface area contributed by atoms with Gasteiger partial charge in [0.2, 0.25) is 0 Å². The SMILES string of the molecule is CCc1ccc(Cc2cc(C3CC(O)CC(CO)C34CC4)ccc2Cl)cc1. The van der Waals surface area contributed by atoms with Crippen LogP contribution in [0.15, 0.2) is 42.5 Å². The summed E-state index contributed by atoms with van der Waals surface area (Å²) in [7, 11) is 0. The van der Waals surface area contributed by atoms with Gasteiger partial charge >= 0.3 is 0 Å². The molecule has 2 fully saturated rings. The Morgan fingerprint density at radius 1 is 1.04 bits per heavy atom. The van der Waals surface area contributed by atoms with Crippen molar-refractivity contribution in [3.8, 4) is 0 Å². The lowest BCUT2D eigenvalue weighted by atomic mass is 9.65. The zero-order valence-corrected chi connectivity index (χ0v) is 16.8. The summed E-state index contributed by atoms with van der Waals surface area (Å²) >= 11 is 6.53. The maximum Gasteiger partial charge on any atom is 0.0550 e. The number of aliphatic hydroxyl groups excluding tert-OH is 2. The van der Waals surface area contributed by atoms with Crippen molar-refractivity contribution < 1.29 is 10.2 Å². The minimum absolute atomic E-state index is 0.178. The standard InChI is InChI=1S/C24H29ClO2/c1-2-16-3-5-17(6-4-16)11-19-12-18(7-8-23(19)25)22-14-21(27)13-20(15-26)24(22)9-10-24/h3-8,12,20-22,26-27H,2,9-11,13-15H2,1H3. The molecule has 2 aromatic rings. The van der Waals surface area contributed by atoms with Gasteiger partial charge in [0, 0.05) is 11.6 Å². The van der Waals surface area contributed by atoms with Crippen molar-refractivity contribution in [1.82, 2.24) is 0 Å².